The Bertz CT molecular complexity index is 444. The maximum absolute atomic E-state index is 11.4. The van der Waals surface area contributed by atoms with Gasteiger partial charge in [0.1, 0.15) is 0 Å². The van der Waals surface area contributed by atoms with Gasteiger partial charge in [0, 0.05) is 23.5 Å². The topological polar surface area (TPSA) is 61.9 Å². The van der Waals surface area contributed by atoms with Crippen molar-refractivity contribution in [1.29, 1.82) is 0 Å². The lowest BCUT2D eigenvalue weighted by molar-refractivity contribution is -0.533. The highest BCUT2D eigenvalue weighted by Gasteiger charge is 2.45. The van der Waals surface area contributed by atoms with Crippen molar-refractivity contribution in [3.05, 3.63) is 28.7 Å². The second kappa shape index (κ2) is 4.31. The van der Waals surface area contributed by atoms with E-state index in [9.17, 15) is 9.90 Å². The van der Waals surface area contributed by atoms with Crippen LogP contribution in [-0.4, -0.2) is 27.9 Å². The normalized spacial score (nSPS) is 23.8. The van der Waals surface area contributed by atoms with Gasteiger partial charge >= 0.3 is 12.3 Å². The molecule has 1 N–H and O–H groups in total. The van der Waals surface area contributed by atoms with Gasteiger partial charge in [-0.2, -0.15) is 0 Å². The van der Waals surface area contributed by atoms with Crippen LogP contribution in [0.1, 0.15) is 6.92 Å². The monoisotopic (exact) mass is 285 g/mol. The zero-order valence-electron chi connectivity index (χ0n) is 8.50. The number of nitrogens with zero attached hydrogens (tertiary/aromatic N) is 2. The predicted molar refractivity (Wildman–Crippen MR) is 58.1 cm³/mol. The molecule has 0 saturated carbocycles. The molecule has 2 unspecified atom stereocenters. The highest BCUT2D eigenvalue weighted by molar-refractivity contribution is 9.10. The number of halogens is 1. The molecule has 1 aliphatic rings. The molecule has 0 aromatic heterocycles. The Morgan fingerprint density at radius 2 is 2.12 bits per heavy atom. The summed E-state index contributed by atoms with van der Waals surface area (Å²) in [7, 11) is 0. The van der Waals surface area contributed by atoms with Gasteiger partial charge in [0.25, 0.3) is 0 Å². The summed E-state index contributed by atoms with van der Waals surface area (Å²) in [5.41, 5.74) is 0.694. The molecular formula is C10H10BrN2O3+. The van der Waals surface area contributed by atoms with E-state index in [-0.39, 0.29) is 5.78 Å². The van der Waals surface area contributed by atoms with E-state index in [2.05, 4.69) is 21.2 Å². The van der Waals surface area contributed by atoms with Crippen LogP contribution in [-0.2, 0) is 9.63 Å². The summed E-state index contributed by atoms with van der Waals surface area (Å²) in [5, 5.41) is 13.1. The lowest BCUT2D eigenvalue weighted by Crippen LogP contribution is -2.35. The summed E-state index contributed by atoms with van der Waals surface area (Å²) in [4.78, 5) is 16.1. The first-order valence-corrected chi connectivity index (χ1v) is 5.49. The Balaban J connectivity index is 2.34. The van der Waals surface area contributed by atoms with Gasteiger partial charge in [-0.15, -0.1) is 0 Å². The molecule has 0 saturated heterocycles. The van der Waals surface area contributed by atoms with Crippen molar-refractivity contribution in [1.82, 2.24) is 0 Å². The molecule has 6 heteroatoms. The van der Waals surface area contributed by atoms with Crippen molar-refractivity contribution >= 4 is 27.4 Å². The number of hydrogen-bond donors (Lipinski definition) is 1. The number of rotatable bonds is 2. The van der Waals surface area contributed by atoms with Crippen LogP contribution in [0.15, 0.2) is 34.0 Å². The molecule has 16 heavy (non-hydrogen) atoms. The van der Waals surface area contributed by atoms with Gasteiger partial charge < -0.3 is 9.94 Å². The second-order valence-electron chi connectivity index (χ2n) is 3.45. The molecule has 0 radical (unpaired) electrons. The Morgan fingerprint density at radius 3 is 2.69 bits per heavy atom. The van der Waals surface area contributed by atoms with Gasteiger partial charge in [0.05, 0.1) is 0 Å². The van der Waals surface area contributed by atoms with Crippen LogP contribution in [0.25, 0.3) is 0 Å². The Morgan fingerprint density at radius 1 is 1.50 bits per heavy atom. The van der Waals surface area contributed by atoms with Gasteiger partial charge in [-0.25, -0.2) is 0 Å². The molecule has 84 valence electrons. The van der Waals surface area contributed by atoms with E-state index in [0.29, 0.717) is 5.69 Å². The third kappa shape index (κ3) is 1.98. The molecule has 1 aromatic rings. The number of hydrogen-bond acceptors (Lipinski definition) is 4. The summed E-state index contributed by atoms with van der Waals surface area (Å²) < 4.78 is 2.30. The minimum atomic E-state index is -1.21. The Kier molecular flexibility index (Phi) is 3.02. The van der Waals surface area contributed by atoms with E-state index < -0.39 is 12.3 Å². The predicted octanol–water partition coefficient (Wildman–Crippen LogP) is 1.77. The van der Waals surface area contributed by atoms with Crippen LogP contribution < -0.4 is 0 Å². The number of aliphatic hydroxyl groups excluding tert-OH is 1. The van der Waals surface area contributed by atoms with Crippen molar-refractivity contribution in [2.24, 2.45) is 5.28 Å². The molecule has 2 rings (SSSR count). The Hall–Kier alpha value is -1.27. The number of carbonyl (C=O) groups is 1. The fourth-order valence-electron chi connectivity index (χ4n) is 1.50. The fourth-order valence-corrected chi connectivity index (χ4v) is 1.77. The second-order valence-corrected chi connectivity index (χ2v) is 4.37. The highest BCUT2D eigenvalue weighted by Crippen LogP contribution is 2.24. The van der Waals surface area contributed by atoms with Crippen LogP contribution in [0.4, 0.5) is 5.69 Å². The van der Waals surface area contributed by atoms with E-state index in [1.54, 1.807) is 12.1 Å². The maximum Gasteiger partial charge on any atom is 0.308 e. The molecule has 1 aromatic carbocycles. The smallest absolute Gasteiger partial charge is 0.308 e. The molecule has 0 aliphatic carbocycles. The van der Waals surface area contributed by atoms with Gasteiger partial charge in [0.15, 0.2) is 5.28 Å². The Labute approximate surface area is 100 Å². The molecule has 0 fully saturated rings. The molecule has 0 spiro atoms. The van der Waals surface area contributed by atoms with Crippen LogP contribution >= 0.6 is 15.9 Å². The molecular weight excluding hydrogens is 276 g/mol. The van der Waals surface area contributed by atoms with Crippen molar-refractivity contribution in [3.8, 4) is 0 Å². The number of ketones is 1. The molecule has 1 heterocycles. The first-order valence-electron chi connectivity index (χ1n) is 4.69. The summed E-state index contributed by atoms with van der Waals surface area (Å²) in [5.74, 6) is -0.198. The van der Waals surface area contributed by atoms with E-state index in [1.165, 1.54) is 11.6 Å². The SMILES string of the molecule is CC(=O)C1C(O)ON=[N+]1c1ccc(Br)cc1. The number of aliphatic hydroxyl groups is 1. The zero-order valence-corrected chi connectivity index (χ0v) is 10.1. The molecule has 0 bridgehead atoms. The summed E-state index contributed by atoms with van der Waals surface area (Å²) in [6, 6.07) is 6.44. The van der Waals surface area contributed by atoms with Gasteiger partial charge in [-0.1, -0.05) is 15.9 Å². The third-order valence-electron chi connectivity index (χ3n) is 2.28. The lowest BCUT2D eigenvalue weighted by atomic mass is 10.2. The molecule has 2 atom stereocenters. The van der Waals surface area contributed by atoms with Crippen molar-refractivity contribution in [3.63, 3.8) is 0 Å². The summed E-state index contributed by atoms with van der Waals surface area (Å²) in [6.07, 6.45) is -1.21. The van der Waals surface area contributed by atoms with Crippen molar-refractivity contribution in [2.45, 2.75) is 19.3 Å². The van der Waals surface area contributed by atoms with Crippen LogP contribution in [0.2, 0.25) is 0 Å². The summed E-state index contributed by atoms with van der Waals surface area (Å²) >= 11 is 3.31. The quantitative estimate of drug-likeness (QED) is 0.843. The van der Waals surface area contributed by atoms with Crippen molar-refractivity contribution < 1.29 is 19.4 Å². The maximum atomic E-state index is 11.4. The molecule has 0 amide bonds. The average Bonchev–Trinajstić information content (AvgIpc) is 2.61. The summed E-state index contributed by atoms with van der Waals surface area (Å²) in [6.45, 7) is 1.39. The van der Waals surface area contributed by atoms with Crippen LogP contribution in [0, 0.1) is 0 Å². The zero-order chi connectivity index (χ0) is 11.7. The standard InChI is InChI=1S/C10H10BrN2O3/c1-6(14)9-10(15)16-12-13(9)8-4-2-7(11)3-5-8/h2-5,9-10,15H,1H3/q+1. The van der Waals surface area contributed by atoms with Gasteiger partial charge in [-0.05, 0) is 16.8 Å². The van der Waals surface area contributed by atoms with Gasteiger partial charge in [0.2, 0.25) is 11.5 Å². The lowest BCUT2D eigenvalue weighted by Gasteiger charge is -2.03. The van der Waals surface area contributed by atoms with E-state index in [1.807, 2.05) is 12.1 Å². The first-order chi connectivity index (χ1) is 7.59. The number of benzene rings is 1. The third-order valence-corrected chi connectivity index (χ3v) is 2.81. The van der Waals surface area contributed by atoms with E-state index in [0.717, 1.165) is 4.47 Å². The minimum absolute atomic E-state index is 0.198. The first kappa shape index (κ1) is 11.2. The van der Waals surface area contributed by atoms with Crippen molar-refractivity contribution in [2.75, 3.05) is 0 Å². The molecule has 5 nitrogen and oxygen atoms in total. The van der Waals surface area contributed by atoms with E-state index in [4.69, 9.17) is 4.84 Å². The van der Waals surface area contributed by atoms with Crippen LogP contribution in [0.3, 0.4) is 0 Å². The van der Waals surface area contributed by atoms with Crippen LogP contribution in [0.5, 0.6) is 0 Å². The average molecular weight is 286 g/mol. The number of Topliss-reactive ketones (excluding diaryl/α,β-unsaturated/α-hetero) is 1. The fraction of sp³-hybridized carbons (Fsp3) is 0.300. The molecule has 1 aliphatic heterocycles. The largest absolute Gasteiger partial charge is 0.351 e. The number of carbonyl (C=O) groups excluding carboxylic acids is 1. The van der Waals surface area contributed by atoms with E-state index >= 15 is 0 Å². The minimum Gasteiger partial charge on any atom is -0.351 e. The highest BCUT2D eigenvalue weighted by atomic mass is 79.9. The van der Waals surface area contributed by atoms with Gasteiger partial charge in [-0.3, -0.25) is 4.79 Å².